The van der Waals surface area contributed by atoms with Gasteiger partial charge >= 0.3 is 0 Å². The SMILES string of the molecule is CON(C)C(=O)[C@@H]1C/C=C/CCOc2ccnc(n2)-c2ccccc2C(=O)N1. The Bertz CT molecular complexity index is 884. The lowest BCUT2D eigenvalue weighted by Crippen LogP contribution is -2.46. The number of aromatic nitrogens is 2. The molecule has 1 atom stereocenters. The third-order valence-electron chi connectivity index (χ3n) is 4.30. The molecule has 0 saturated carbocycles. The van der Waals surface area contributed by atoms with Crippen LogP contribution >= 0.6 is 0 Å². The van der Waals surface area contributed by atoms with Crippen LogP contribution in [0.5, 0.6) is 5.88 Å². The molecular formula is C20H22N4O4. The Morgan fingerprint density at radius 1 is 1.25 bits per heavy atom. The van der Waals surface area contributed by atoms with Crippen LogP contribution in [0, 0.1) is 0 Å². The van der Waals surface area contributed by atoms with Crippen molar-refractivity contribution in [2.45, 2.75) is 18.9 Å². The molecule has 0 unspecified atom stereocenters. The summed E-state index contributed by atoms with van der Waals surface area (Å²) in [6.07, 6.45) is 6.32. The Kier molecular flexibility index (Phi) is 6.33. The van der Waals surface area contributed by atoms with Crippen LogP contribution < -0.4 is 10.1 Å². The fraction of sp³-hybridized carbons (Fsp3) is 0.300. The molecule has 0 spiro atoms. The summed E-state index contributed by atoms with van der Waals surface area (Å²) in [4.78, 5) is 39.2. The molecule has 2 aromatic rings. The number of hydrogen-bond donors (Lipinski definition) is 1. The monoisotopic (exact) mass is 382 g/mol. The first-order valence-electron chi connectivity index (χ1n) is 8.93. The summed E-state index contributed by atoms with van der Waals surface area (Å²) in [6.45, 7) is 0.442. The van der Waals surface area contributed by atoms with E-state index in [9.17, 15) is 9.59 Å². The van der Waals surface area contributed by atoms with Crippen molar-refractivity contribution in [3.8, 4) is 17.3 Å². The van der Waals surface area contributed by atoms with E-state index in [2.05, 4.69) is 15.3 Å². The van der Waals surface area contributed by atoms with E-state index in [0.717, 1.165) is 5.06 Å². The Morgan fingerprint density at radius 3 is 2.82 bits per heavy atom. The zero-order chi connectivity index (χ0) is 19.9. The Balaban J connectivity index is 2.00. The molecule has 28 heavy (non-hydrogen) atoms. The van der Waals surface area contributed by atoms with Gasteiger partial charge in [-0.25, -0.2) is 10.0 Å². The van der Waals surface area contributed by atoms with Crippen molar-refractivity contribution in [3.05, 3.63) is 54.2 Å². The zero-order valence-corrected chi connectivity index (χ0v) is 15.8. The number of ether oxygens (including phenoxy) is 1. The highest BCUT2D eigenvalue weighted by molar-refractivity contribution is 6.02. The largest absolute Gasteiger partial charge is 0.477 e. The Labute approximate surface area is 163 Å². The quantitative estimate of drug-likeness (QED) is 0.631. The molecule has 0 aliphatic carbocycles. The van der Waals surface area contributed by atoms with Crippen molar-refractivity contribution in [2.24, 2.45) is 0 Å². The Hall–Kier alpha value is -3.26. The van der Waals surface area contributed by atoms with E-state index >= 15 is 0 Å². The third-order valence-corrected chi connectivity index (χ3v) is 4.30. The molecule has 146 valence electrons. The topological polar surface area (TPSA) is 93.7 Å². The fourth-order valence-electron chi connectivity index (χ4n) is 2.78. The van der Waals surface area contributed by atoms with Crippen LogP contribution in [0.15, 0.2) is 48.7 Å². The minimum atomic E-state index is -0.766. The van der Waals surface area contributed by atoms with Gasteiger partial charge in [0.05, 0.1) is 19.3 Å². The van der Waals surface area contributed by atoms with Crippen molar-refractivity contribution >= 4 is 11.8 Å². The normalized spacial score (nSPS) is 18.1. The summed E-state index contributed by atoms with van der Waals surface area (Å²) >= 11 is 0. The number of rotatable bonds is 2. The molecule has 1 aliphatic heterocycles. The van der Waals surface area contributed by atoms with Crippen LogP contribution in [0.2, 0.25) is 0 Å². The summed E-state index contributed by atoms with van der Waals surface area (Å²) in [5.41, 5.74) is 0.933. The molecule has 2 bridgehead atoms. The predicted molar refractivity (Wildman–Crippen MR) is 102 cm³/mol. The molecule has 0 saturated heterocycles. The van der Waals surface area contributed by atoms with Crippen molar-refractivity contribution in [1.82, 2.24) is 20.3 Å². The number of carbonyl (C=O) groups is 2. The highest BCUT2D eigenvalue weighted by atomic mass is 16.7. The highest BCUT2D eigenvalue weighted by Crippen LogP contribution is 2.22. The number of likely N-dealkylation sites (N-methyl/N-ethyl adjacent to an activating group) is 1. The van der Waals surface area contributed by atoms with Gasteiger partial charge in [0, 0.05) is 24.9 Å². The van der Waals surface area contributed by atoms with Crippen LogP contribution in [0.1, 0.15) is 23.2 Å². The molecule has 8 heteroatoms. The zero-order valence-electron chi connectivity index (χ0n) is 15.8. The molecule has 1 aliphatic rings. The summed E-state index contributed by atoms with van der Waals surface area (Å²) < 4.78 is 5.66. The van der Waals surface area contributed by atoms with Gasteiger partial charge in [-0.15, -0.1) is 0 Å². The molecule has 1 aromatic heterocycles. The summed E-state index contributed by atoms with van der Waals surface area (Å²) in [5, 5.41) is 3.90. The van der Waals surface area contributed by atoms with Crippen LogP contribution in [0.25, 0.3) is 11.4 Å². The van der Waals surface area contributed by atoms with Gasteiger partial charge < -0.3 is 10.1 Å². The molecule has 3 rings (SSSR count). The second kappa shape index (κ2) is 9.09. The van der Waals surface area contributed by atoms with Crippen LogP contribution in [0.4, 0.5) is 0 Å². The van der Waals surface area contributed by atoms with Gasteiger partial charge in [0.2, 0.25) is 5.88 Å². The summed E-state index contributed by atoms with van der Waals surface area (Å²) in [6, 6.07) is 7.90. The van der Waals surface area contributed by atoms with Gasteiger partial charge in [0.15, 0.2) is 5.82 Å². The number of carbonyl (C=O) groups excluding carboxylic acids is 2. The van der Waals surface area contributed by atoms with Gasteiger partial charge in [0.25, 0.3) is 11.8 Å². The fourth-order valence-corrected chi connectivity index (χ4v) is 2.78. The maximum absolute atomic E-state index is 13.0. The lowest BCUT2D eigenvalue weighted by Gasteiger charge is -2.22. The summed E-state index contributed by atoms with van der Waals surface area (Å²) in [5.74, 6) is 0.0894. The van der Waals surface area contributed by atoms with Crippen molar-refractivity contribution in [1.29, 1.82) is 0 Å². The number of hydrogen-bond acceptors (Lipinski definition) is 6. The molecule has 8 nitrogen and oxygen atoms in total. The molecule has 2 amide bonds. The van der Waals surface area contributed by atoms with Gasteiger partial charge in [-0.05, 0) is 18.9 Å². The maximum Gasteiger partial charge on any atom is 0.268 e. The predicted octanol–water partition coefficient (Wildman–Crippen LogP) is 1.99. The Morgan fingerprint density at radius 2 is 2.04 bits per heavy atom. The molecule has 1 N–H and O–H groups in total. The molecule has 1 aromatic carbocycles. The van der Waals surface area contributed by atoms with E-state index < -0.39 is 6.04 Å². The number of hydroxylamine groups is 2. The molecule has 2 heterocycles. The third kappa shape index (κ3) is 4.52. The van der Waals surface area contributed by atoms with E-state index in [0.29, 0.717) is 42.3 Å². The molecule has 0 radical (unpaired) electrons. The van der Waals surface area contributed by atoms with Crippen molar-refractivity contribution in [3.63, 3.8) is 0 Å². The minimum Gasteiger partial charge on any atom is -0.477 e. The van der Waals surface area contributed by atoms with Crippen LogP contribution in [-0.4, -0.2) is 53.7 Å². The number of amides is 2. The average molecular weight is 382 g/mol. The lowest BCUT2D eigenvalue weighted by molar-refractivity contribution is -0.170. The van der Waals surface area contributed by atoms with Gasteiger partial charge in [-0.1, -0.05) is 30.4 Å². The molecular weight excluding hydrogens is 360 g/mol. The van der Waals surface area contributed by atoms with Gasteiger partial charge in [-0.2, -0.15) is 4.98 Å². The van der Waals surface area contributed by atoms with E-state index in [1.807, 2.05) is 12.2 Å². The average Bonchev–Trinajstić information content (AvgIpc) is 2.73. The number of nitrogens with one attached hydrogen (secondary N) is 1. The van der Waals surface area contributed by atoms with Crippen LogP contribution in [-0.2, 0) is 9.63 Å². The minimum absolute atomic E-state index is 0.336. The second-order valence-corrected chi connectivity index (χ2v) is 6.15. The summed E-state index contributed by atoms with van der Waals surface area (Å²) in [7, 11) is 2.90. The van der Waals surface area contributed by atoms with Crippen molar-refractivity contribution < 1.29 is 19.2 Å². The number of fused-ring (bicyclic) bond motifs is 4. The second-order valence-electron chi connectivity index (χ2n) is 6.15. The highest BCUT2D eigenvalue weighted by Gasteiger charge is 2.25. The first kappa shape index (κ1) is 19.5. The first-order chi connectivity index (χ1) is 13.6. The van der Waals surface area contributed by atoms with E-state index in [-0.39, 0.29) is 11.8 Å². The van der Waals surface area contributed by atoms with E-state index in [1.165, 1.54) is 14.2 Å². The first-order valence-corrected chi connectivity index (χ1v) is 8.93. The number of nitrogens with zero attached hydrogens (tertiary/aromatic N) is 3. The molecule has 0 fully saturated rings. The van der Waals surface area contributed by atoms with Crippen molar-refractivity contribution in [2.75, 3.05) is 20.8 Å². The lowest BCUT2D eigenvalue weighted by atomic mass is 10.0. The van der Waals surface area contributed by atoms with Crippen LogP contribution in [0.3, 0.4) is 0 Å². The maximum atomic E-state index is 13.0. The smallest absolute Gasteiger partial charge is 0.268 e. The number of benzene rings is 1. The standard InChI is InChI=1S/C20H22N4O4/c1-24(27-2)20(26)16-10-4-3-7-13-28-17-11-12-21-18(23-17)14-8-5-6-9-15(14)19(25)22-16/h3-6,8-9,11-12,16H,7,10,13H2,1-2H3,(H,22,25)/b4-3+/t16-/m0/s1. The van der Waals surface area contributed by atoms with Gasteiger partial charge in [0.1, 0.15) is 6.04 Å². The van der Waals surface area contributed by atoms with Gasteiger partial charge in [-0.3, -0.25) is 14.4 Å². The van der Waals surface area contributed by atoms with E-state index in [1.54, 1.807) is 36.5 Å². The van der Waals surface area contributed by atoms with E-state index in [4.69, 9.17) is 9.57 Å².